The topological polar surface area (TPSA) is 87.9 Å². The van der Waals surface area contributed by atoms with Crippen LogP contribution in [-0.2, 0) is 30.1 Å². The molecule has 1 aromatic heterocycles. The number of amides is 2. The van der Waals surface area contributed by atoms with E-state index >= 15 is 0 Å². The van der Waals surface area contributed by atoms with Crippen LogP contribution in [0.4, 0.5) is 5.82 Å². The van der Waals surface area contributed by atoms with Crippen LogP contribution in [0.15, 0.2) is 46.0 Å². The Balaban J connectivity index is 1.33. The van der Waals surface area contributed by atoms with E-state index in [1.165, 1.54) is 23.2 Å². The van der Waals surface area contributed by atoms with Gasteiger partial charge in [0, 0.05) is 65.9 Å². The van der Waals surface area contributed by atoms with Crippen LogP contribution in [0.3, 0.4) is 0 Å². The summed E-state index contributed by atoms with van der Waals surface area (Å²) in [5.41, 5.74) is 0.462. The zero-order chi connectivity index (χ0) is 22.8. The molecular formula is C23H29N5O4. The standard InChI is InChI=1S/C23H29N5O4/c1-24-19(15-20(29)25(2)23(24)32)26-10-12-27(13-11-26)22(31)18-14-21(30)28(16-18)9-8-17-6-4-3-5-7-17/h3-7,15,18H,8-14,16H2,1-2H3. The van der Waals surface area contributed by atoms with Gasteiger partial charge in [-0.2, -0.15) is 0 Å². The fraction of sp³-hybridized carbons (Fsp3) is 0.478. The van der Waals surface area contributed by atoms with E-state index < -0.39 is 0 Å². The second-order valence-electron chi connectivity index (χ2n) is 8.53. The number of hydrogen-bond donors (Lipinski definition) is 0. The highest BCUT2D eigenvalue weighted by Gasteiger charge is 2.37. The van der Waals surface area contributed by atoms with Crippen molar-refractivity contribution in [3.8, 4) is 0 Å². The van der Waals surface area contributed by atoms with Crippen molar-refractivity contribution >= 4 is 17.6 Å². The minimum atomic E-state index is -0.369. The van der Waals surface area contributed by atoms with Crippen LogP contribution in [-0.4, -0.2) is 70.0 Å². The van der Waals surface area contributed by atoms with Crippen molar-refractivity contribution in [2.45, 2.75) is 12.8 Å². The number of aromatic nitrogens is 2. The lowest BCUT2D eigenvalue weighted by Gasteiger charge is -2.37. The smallest absolute Gasteiger partial charge is 0.332 e. The van der Waals surface area contributed by atoms with Gasteiger partial charge in [-0.3, -0.25) is 23.5 Å². The molecule has 9 nitrogen and oxygen atoms in total. The first-order valence-corrected chi connectivity index (χ1v) is 11.0. The number of carbonyl (C=O) groups excluding carboxylic acids is 2. The van der Waals surface area contributed by atoms with Gasteiger partial charge >= 0.3 is 5.69 Å². The Morgan fingerprint density at radius 2 is 1.66 bits per heavy atom. The molecule has 0 spiro atoms. The van der Waals surface area contributed by atoms with Crippen LogP contribution in [0, 0.1) is 5.92 Å². The van der Waals surface area contributed by atoms with Crippen LogP contribution in [0.5, 0.6) is 0 Å². The third-order valence-electron chi connectivity index (χ3n) is 6.49. The molecule has 32 heavy (non-hydrogen) atoms. The largest absolute Gasteiger partial charge is 0.354 e. The molecule has 1 atom stereocenters. The van der Waals surface area contributed by atoms with Gasteiger partial charge in [0.1, 0.15) is 5.82 Å². The summed E-state index contributed by atoms with van der Waals surface area (Å²) in [6.07, 6.45) is 1.04. The molecule has 3 heterocycles. The molecule has 1 aromatic carbocycles. The number of piperazine rings is 1. The van der Waals surface area contributed by atoms with Crippen molar-refractivity contribution in [2.24, 2.45) is 20.0 Å². The van der Waals surface area contributed by atoms with Gasteiger partial charge in [-0.25, -0.2) is 4.79 Å². The summed E-state index contributed by atoms with van der Waals surface area (Å²) < 4.78 is 2.53. The highest BCUT2D eigenvalue weighted by atomic mass is 16.2. The third-order valence-corrected chi connectivity index (χ3v) is 6.49. The quantitative estimate of drug-likeness (QED) is 0.645. The molecule has 2 aliphatic heterocycles. The van der Waals surface area contributed by atoms with E-state index in [0.717, 1.165) is 11.0 Å². The molecule has 2 aliphatic rings. The van der Waals surface area contributed by atoms with Crippen molar-refractivity contribution in [3.63, 3.8) is 0 Å². The number of carbonyl (C=O) groups is 2. The van der Waals surface area contributed by atoms with Crippen LogP contribution in [0.1, 0.15) is 12.0 Å². The second kappa shape index (κ2) is 9.02. The highest BCUT2D eigenvalue weighted by molar-refractivity contribution is 5.89. The second-order valence-corrected chi connectivity index (χ2v) is 8.53. The molecule has 0 saturated carbocycles. The monoisotopic (exact) mass is 439 g/mol. The molecule has 170 valence electrons. The molecular weight excluding hydrogens is 410 g/mol. The van der Waals surface area contributed by atoms with E-state index in [1.807, 2.05) is 35.2 Å². The molecule has 2 fully saturated rings. The molecule has 0 aliphatic carbocycles. The first-order valence-electron chi connectivity index (χ1n) is 11.0. The van der Waals surface area contributed by atoms with E-state index in [0.29, 0.717) is 45.1 Å². The van der Waals surface area contributed by atoms with Crippen LogP contribution >= 0.6 is 0 Å². The Labute approximate surface area is 186 Å². The molecule has 0 N–H and O–H groups in total. The van der Waals surface area contributed by atoms with Crippen LogP contribution in [0.2, 0.25) is 0 Å². The first-order chi connectivity index (χ1) is 15.3. The molecule has 9 heteroatoms. The summed E-state index contributed by atoms with van der Waals surface area (Å²) in [6, 6.07) is 11.5. The highest BCUT2D eigenvalue weighted by Crippen LogP contribution is 2.22. The van der Waals surface area contributed by atoms with Crippen molar-refractivity contribution in [3.05, 3.63) is 62.8 Å². The minimum absolute atomic E-state index is 0.0121. The number of hydrogen-bond acceptors (Lipinski definition) is 5. The Morgan fingerprint density at radius 1 is 0.969 bits per heavy atom. The molecule has 2 aromatic rings. The fourth-order valence-electron chi connectivity index (χ4n) is 4.50. The fourth-order valence-corrected chi connectivity index (χ4v) is 4.50. The number of anilines is 1. The van der Waals surface area contributed by atoms with Gasteiger partial charge in [0.15, 0.2) is 0 Å². The summed E-state index contributed by atoms with van der Waals surface area (Å²) in [7, 11) is 3.10. The number of rotatable bonds is 5. The van der Waals surface area contributed by atoms with Crippen molar-refractivity contribution < 1.29 is 9.59 Å². The average molecular weight is 440 g/mol. The van der Waals surface area contributed by atoms with Crippen LogP contribution in [0.25, 0.3) is 0 Å². The molecule has 1 unspecified atom stereocenters. The predicted molar refractivity (Wildman–Crippen MR) is 121 cm³/mol. The van der Waals surface area contributed by atoms with E-state index in [1.54, 1.807) is 16.8 Å². The van der Waals surface area contributed by atoms with Gasteiger partial charge < -0.3 is 14.7 Å². The zero-order valence-electron chi connectivity index (χ0n) is 18.6. The molecule has 0 radical (unpaired) electrons. The lowest BCUT2D eigenvalue weighted by Crippen LogP contribution is -2.52. The van der Waals surface area contributed by atoms with Gasteiger partial charge in [0.25, 0.3) is 5.56 Å². The molecule has 2 amide bonds. The van der Waals surface area contributed by atoms with Gasteiger partial charge in [0.2, 0.25) is 11.8 Å². The van der Waals surface area contributed by atoms with E-state index in [-0.39, 0.29) is 35.4 Å². The van der Waals surface area contributed by atoms with E-state index in [2.05, 4.69) is 0 Å². The molecule has 0 bridgehead atoms. The Bertz CT molecular complexity index is 1120. The van der Waals surface area contributed by atoms with Gasteiger partial charge in [-0.1, -0.05) is 30.3 Å². The minimum Gasteiger partial charge on any atom is -0.354 e. The van der Waals surface area contributed by atoms with Crippen molar-refractivity contribution in [1.82, 2.24) is 18.9 Å². The summed E-state index contributed by atoms with van der Waals surface area (Å²) in [4.78, 5) is 55.3. The Hall–Kier alpha value is -3.36. The maximum atomic E-state index is 13.0. The SMILES string of the molecule is Cn1c(N2CCN(C(=O)C3CC(=O)N(CCc4ccccc4)C3)CC2)cc(=O)n(C)c1=O. The third kappa shape index (κ3) is 4.32. The van der Waals surface area contributed by atoms with E-state index in [9.17, 15) is 19.2 Å². The van der Waals surface area contributed by atoms with Gasteiger partial charge in [0.05, 0.1) is 5.92 Å². The van der Waals surface area contributed by atoms with Crippen molar-refractivity contribution in [2.75, 3.05) is 44.2 Å². The number of likely N-dealkylation sites (tertiary alicyclic amines) is 1. The zero-order valence-corrected chi connectivity index (χ0v) is 18.6. The van der Waals surface area contributed by atoms with Gasteiger partial charge in [-0.05, 0) is 12.0 Å². The number of nitrogens with zero attached hydrogens (tertiary/aromatic N) is 5. The molecule has 2 saturated heterocycles. The summed E-state index contributed by atoms with van der Waals surface area (Å²) in [6.45, 7) is 3.15. The van der Waals surface area contributed by atoms with Gasteiger partial charge in [-0.15, -0.1) is 0 Å². The Kier molecular flexibility index (Phi) is 6.16. The molecule has 4 rings (SSSR count). The maximum absolute atomic E-state index is 13.0. The Morgan fingerprint density at radius 3 is 2.34 bits per heavy atom. The lowest BCUT2D eigenvalue weighted by atomic mass is 10.1. The maximum Gasteiger partial charge on any atom is 0.332 e. The predicted octanol–water partition coefficient (Wildman–Crippen LogP) is -0.176. The lowest BCUT2D eigenvalue weighted by molar-refractivity contribution is -0.136. The first kappa shape index (κ1) is 21.9. The number of benzene rings is 1. The van der Waals surface area contributed by atoms with E-state index in [4.69, 9.17) is 0 Å². The van der Waals surface area contributed by atoms with Crippen molar-refractivity contribution in [1.29, 1.82) is 0 Å². The summed E-state index contributed by atoms with van der Waals surface area (Å²) >= 11 is 0. The summed E-state index contributed by atoms with van der Waals surface area (Å²) in [5, 5.41) is 0. The van der Waals surface area contributed by atoms with Crippen LogP contribution < -0.4 is 16.1 Å². The summed E-state index contributed by atoms with van der Waals surface area (Å²) in [5.74, 6) is 0.303. The average Bonchev–Trinajstić information content (AvgIpc) is 3.19. The normalized spacial score (nSPS) is 19.0.